The number of amides is 1. The molecule has 0 atom stereocenters. The second-order valence-corrected chi connectivity index (χ2v) is 5.25. The number of hydrogen-bond acceptors (Lipinski definition) is 4. The Morgan fingerprint density at radius 1 is 1.05 bits per heavy atom. The number of anilines is 1. The highest BCUT2D eigenvalue weighted by Gasteiger charge is 2.13. The lowest BCUT2D eigenvalue weighted by molar-refractivity contribution is -0.115. The second kappa shape index (κ2) is 6.19. The van der Waals surface area contributed by atoms with Gasteiger partial charge in [-0.2, -0.15) is 0 Å². The van der Waals surface area contributed by atoms with Crippen LogP contribution in [0, 0.1) is 0 Å². The largest absolute Gasteiger partial charge is 0.478 e. The summed E-state index contributed by atoms with van der Waals surface area (Å²) in [6.45, 7) is 0. The van der Waals surface area contributed by atoms with Gasteiger partial charge in [-0.25, -0.2) is 9.59 Å². The van der Waals surface area contributed by atoms with Crippen molar-refractivity contribution < 1.29 is 24.6 Å². The number of benzene rings is 1. The average molecular weight is 305 g/mol. The Kier molecular flexibility index (Phi) is 4.34. The Morgan fingerprint density at radius 3 is 2.14 bits per heavy atom. The van der Waals surface area contributed by atoms with Crippen LogP contribution in [0.15, 0.2) is 35.7 Å². The first-order valence-corrected chi connectivity index (χ1v) is 6.77. The molecule has 0 aliphatic carbocycles. The van der Waals surface area contributed by atoms with Crippen molar-refractivity contribution in [3.8, 4) is 0 Å². The van der Waals surface area contributed by atoms with Gasteiger partial charge in [0.1, 0.15) is 0 Å². The van der Waals surface area contributed by atoms with Gasteiger partial charge in [0.25, 0.3) is 0 Å². The maximum atomic E-state index is 11.8. The summed E-state index contributed by atoms with van der Waals surface area (Å²) in [6, 6.07) is 7.11. The van der Waals surface area contributed by atoms with Gasteiger partial charge < -0.3 is 15.5 Å². The van der Waals surface area contributed by atoms with E-state index in [1.165, 1.54) is 23.5 Å². The van der Waals surface area contributed by atoms with E-state index in [2.05, 4.69) is 5.32 Å². The first-order valence-electron chi connectivity index (χ1n) is 5.89. The third-order valence-electron chi connectivity index (χ3n) is 2.63. The van der Waals surface area contributed by atoms with Crippen molar-refractivity contribution in [2.24, 2.45) is 0 Å². The standard InChI is InChI=1S/C14H11NO5S/c16-12(7-11-2-1-3-21-11)15-10-5-8(13(17)18)4-9(6-10)14(19)20/h1-6H,7H2,(H,15,16)(H,17,18)(H,19,20). The lowest BCUT2D eigenvalue weighted by Gasteiger charge is -2.07. The van der Waals surface area contributed by atoms with Gasteiger partial charge in [0.05, 0.1) is 17.5 Å². The van der Waals surface area contributed by atoms with E-state index in [0.29, 0.717) is 0 Å². The Balaban J connectivity index is 2.20. The van der Waals surface area contributed by atoms with E-state index < -0.39 is 11.9 Å². The smallest absolute Gasteiger partial charge is 0.335 e. The molecule has 0 bridgehead atoms. The molecule has 3 N–H and O–H groups in total. The minimum Gasteiger partial charge on any atom is -0.478 e. The number of carboxylic acid groups (broad SMARTS) is 2. The predicted molar refractivity (Wildman–Crippen MR) is 77.0 cm³/mol. The maximum Gasteiger partial charge on any atom is 0.335 e. The Labute approximate surface area is 123 Å². The van der Waals surface area contributed by atoms with Gasteiger partial charge in [0, 0.05) is 10.6 Å². The molecule has 6 nitrogen and oxygen atoms in total. The summed E-state index contributed by atoms with van der Waals surface area (Å²) in [5, 5.41) is 22.3. The highest BCUT2D eigenvalue weighted by molar-refractivity contribution is 7.10. The van der Waals surface area contributed by atoms with E-state index in [9.17, 15) is 14.4 Å². The summed E-state index contributed by atoms with van der Waals surface area (Å²) in [5.74, 6) is -2.85. The molecule has 1 aromatic heterocycles. The third kappa shape index (κ3) is 3.90. The summed E-state index contributed by atoms with van der Waals surface area (Å²) < 4.78 is 0. The van der Waals surface area contributed by atoms with Crippen LogP contribution in [0.25, 0.3) is 0 Å². The first-order chi connectivity index (χ1) is 9.95. The summed E-state index contributed by atoms with van der Waals surface area (Å²) in [6.07, 6.45) is 0.150. The van der Waals surface area contributed by atoms with Crippen LogP contribution in [0.5, 0.6) is 0 Å². The van der Waals surface area contributed by atoms with Crippen molar-refractivity contribution in [2.75, 3.05) is 5.32 Å². The van der Waals surface area contributed by atoms with Crippen molar-refractivity contribution >= 4 is 34.9 Å². The lowest BCUT2D eigenvalue weighted by atomic mass is 10.1. The van der Waals surface area contributed by atoms with E-state index in [4.69, 9.17) is 10.2 Å². The number of carbonyl (C=O) groups excluding carboxylic acids is 1. The van der Waals surface area contributed by atoms with Crippen molar-refractivity contribution in [3.63, 3.8) is 0 Å². The van der Waals surface area contributed by atoms with E-state index in [-0.39, 0.29) is 29.1 Å². The fourth-order valence-electron chi connectivity index (χ4n) is 1.72. The highest BCUT2D eigenvalue weighted by Crippen LogP contribution is 2.17. The zero-order valence-electron chi connectivity index (χ0n) is 10.7. The van der Waals surface area contributed by atoms with Gasteiger partial charge >= 0.3 is 11.9 Å². The fraction of sp³-hybridized carbons (Fsp3) is 0.0714. The Morgan fingerprint density at radius 2 is 1.67 bits per heavy atom. The van der Waals surface area contributed by atoms with Crippen molar-refractivity contribution in [2.45, 2.75) is 6.42 Å². The van der Waals surface area contributed by atoms with Crippen LogP contribution in [0.2, 0.25) is 0 Å². The molecule has 7 heteroatoms. The topological polar surface area (TPSA) is 104 Å². The molecule has 2 aromatic rings. The number of hydrogen-bond donors (Lipinski definition) is 3. The normalized spacial score (nSPS) is 10.1. The Hall–Kier alpha value is -2.67. The maximum absolute atomic E-state index is 11.8. The summed E-state index contributed by atoms with van der Waals surface area (Å²) in [4.78, 5) is 34.6. The molecular formula is C14H11NO5S. The van der Waals surface area contributed by atoms with Crippen LogP contribution in [0.1, 0.15) is 25.6 Å². The molecule has 1 aromatic carbocycles. The molecule has 0 radical (unpaired) electrons. The zero-order chi connectivity index (χ0) is 15.4. The van der Waals surface area contributed by atoms with Gasteiger partial charge in [-0.1, -0.05) is 6.07 Å². The number of carboxylic acids is 2. The molecule has 1 heterocycles. The molecule has 0 spiro atoms. The predicted octanol–water partition coefficient (Wildman–Crippen LogP) is 2.33. The van der Waals surface area contributed by atoms with E-state index >= 15 is 0 Å². The zero-order valence-corrected chi connectivity index (χ0v) is 11.5. The molecule has 0 aliphatic heterocycles. The fourth-order valence-corrected chi connectivity index (χ4v) is 2.43. The van der Waals surface area contributed by atoms with Gasteiger partial charge in [-0.05, 0) is 29.6 Å². The number of carbonyl (C=O) groups is 3. The second-order valence-electron chi connectivity index (χ2n) is 4.21. The quantitative estimate of drug-likeness (QED) is 0.786. The molecule has 0 unspecified atom stereocenters. The lowest BCUT2D eigenvalue weighted by Crippen LogP contribution is -2.15. The minimum absolute atomic E-state index is 0.147. The number of thiophene rings is 1. The third-order valence-corrected chi connectivity index (χ3v) is 3.50. The van der Waals surface area contributed by atoms with Gasteiger partial charge in [-0.3, -0.25) is 4.79 Å². The molecule has 0 saturated carbocycles. The van der Waals surface area contributed by atoms with Crippen molar-refractivity contribution in [3.05, 3.63) is 51.7 Å². The molecule has 0 aliphatic rings. The van der Waals surface area contributed by atoms with Gasteiger partial charge in [0.15, 0.2) is 0 Å². The molecule has 0 saturated heterocycles. The summed E-state index contributed by atoms with van der Waals surface area (Å²) in [7, 11) is 0. The minimum atomic E-state index is -1.26. The molecule has 1 amide bonds. The molecule has 2 rings (SSSR count). The number of nitrogens with one attached hydrogen (secondary N) is 1. The molecular weight excluding hydrogens is 294 g/mol. The Bertz CT molecular complexity index is 661. The number of aromatic carboxylic acids is 2. The van der Waals surface area contributed by atoms with Crippen molar-refractivity contribution in [1.82, 2.24) is 0 Å². The van der Waals surface area contributed by atoms with E-state index in [1.54, 1.807) is 6.07 Å². The van der Waals surface area contributed by atoms with Gasteiger partial charge in [-0.15, -0.1) is 11.3 Å². The van der Waals surface area contributed by atoms with E-state index in [1.807, 2.05) is 11.4 Å². The number of rotatable bonds is 5. The first kappa shape index (κ1) is 14.7. The average Bonchev–Trinajstić information content (AvgIpc) is 2.90. The van der Waals surface area contributed by atoms with Crippen LogP contribution in [0.4, 0.5) is 5.69 Å². The van der Waals surface area contributed by atoms with Crippen LogP contribution in [-0.2, 0) is 11.2 Å². The van der Waals surface area contributed by atoms with Crippen LogP contribution in [0.3, 0.4) is 0 Å². The molecule has 0 fully saturated rings. The van der Waals surface area contributed by atoms with Gasteiger partial charge in [0.2, 0.25) is 5.91 Å². The highest BCUT2D eigenvalue weighted by atomic mass is 32.1. The van der Waals surface area contributed by atoms with Crippen molar-refractivity contribution in [1.29, 1.82) is 0 Å². The summed E-state index contributed by atoms with van der Waals surface area (Å²) >= 11 is 1.43. The molecule has 21 heavy (non-hydrogen) atoms. The van der Waals surface area contributed by atoms with Crippen LogP contribution < -0.4 is 5.32 Å². The SMILES string of the molecule is O=C(Cc1cccs1)Nc1cc(C(=O)O)cc(C(=O)O)c1. The molecule has 108 valence electrons. The summed E-state index contributed by atoms with van der Waals surface area (Å²) in [5.41, 5.74) is -0.239. The van der Waals surface area contributed by atoms with Crippen LogP contribution >= 0.6 is 11.3 Å². The monoisotopic (exact) mass is 305 g/mol. The van der Waals surface area contributed by atoms with Crippen LogP contribution in [-0.4, -0.2) is 28.1 Å². The van der Waals surface area contributed by atoms with E-state index in [0.717, 1.165) is 10.9 Å².